The predicted molar refractivity (Wildman–Crippen MR) is 107 cm³/mol. The number of hydrogen-bond donors (Lipinski definition) is 2. The standard InChI is InChI=1S/C21H24N4O2.H2/c1-13-4-6-15(7-5-13)8-11-22-19(26)16-14(2)27-20-17(16)18(23-12-24-20)25-21(3)9-10-21;/h4-7,12H,8-11H2,1-3H3,(H,22,26)(H,23,24,25);1H. The SMILES string of the molecule is Cc1ccc(CCNC(=O)c2c(C)oc3ncnc(NC4(C)CC4)c23)cc1.[HH]. The second-order valence-corrected chi connectivity index (χ2v) is 7.61. The number of hydrogen-bond acceptors (Lipinski definition) is 5. The van der Waals surface area contributed by atoms with Gasteiger partial charge in [0.05, 0.1) is 10.9 Å². The van der Waals surface area contributed by atoms with E-state index in [9.17, 15) is 4.79 Å². The summed E-state index contributed by atoms with van der Waals surface area (Å²) in [7, 11) is 0. The number of amides is 1. The minimum atomic E-state index is -0.155. The summed E-state index contributed by atoms with van der Waals surface area (Å²) in [6.07, 6.45) is 4.43. The molecule has 27 heavy (non-hydrogen) atoms. The number of rotatable bonds is 6. The summed E-state index contributed by atoms with van der Waals surface area (Å²) in [5.74, 6) is 1.07. The molecule has 0 unspecified atom stereocenters. The van der Waals surface area contributed by atoms with Gasteiger partial charge >= 0.3 is 0 Å². The zero-order valence-corrected chi connectivity index (χ0v) is 15.9. The zero-order valence-electron chi connectivity index (χ0n) is 15.9. The van der Waals surface area contributed by atoms with Gasteiger partial charge in [-0.25, -0.2) is 9.97 Å². The lowest BCUT2D eigenvalue weighted by molar-refractivity contribution is 0.0954. The van der Waals surface area contributed by atoms with Crippen LogP contribution in [0.3, 0.4) is 0 Å². The zero-order chi connectivity index (χ0) is 19.0. The fourth-order valence-electron chi connectivity index (χ4n) is 3.17. The van der Waals surface area contributed by atoms with E-state index < -0.39 is 0 Å². The van der Waals surface area contributed by atoms with Crippen LogP contribution in [0.4, 0.5) is 5.82 Å². The van der Waals surface area contributed by atoms with E-state index in [1.807, 2.05) is 0 Å². The van der Waals surface area contributed by atoms with Gasteiger partial charge < -0.3 is 15.1 Å². The van der Waals surface area contributed by atoms with E-state index in [4.69, 9.17) is 4.42 Å². The molecule has 1 aliphatic carbocycles. The Morgan fingerprint density at radius 2 is 1.96 bits per heavy atom. The van der Waals surface area contributed by atoms with E-state index in [2.05, 4.69) is 58.7 Å². The highest BCUT2D eigenvalue weighted by Crippen LogP contribution is 2.40. The molecule has 2 aromatic heterocycles. The van der Waals surface area contributed by atoms with Crippen LogP contribution < -0.4 is 10.6 Å². The van der Waals surface area contributed by atoms with Crippen molar-refractivity contribution in [3.05, 3.63) is 53.0 Å². The summed E-state index contributed by atoms with van der Waals surface area (Å²) >= 11 is 0. The lowest BCUT2D eigenvalue weighted by Crippen LogP contribution is -2.26. The van der Waals surface area contributed by atoms with Gasteiger partial charge in [-0.05, 0) is 45.6 Å². The second-order valence-electron chi connectivity index (χ2n) is 7.61. The van der Waals surface area contributed by atoms with Crippen LogP contribution in [0.5, 0.6) is 0 Å². The molecule has 1 aromatic carbocycles. The number of aromatic nitrogens is 2. The number of carbonyl (C=O) groups is 1. The first-order chi connectivity index (χ1) is 13.0. The smallest absolute Gasteiger partial charge is 0.255 e. The number of furan rings is 1. The number of benzene rings is 1. The Balaban J connectivity index is 0.00000225. The Morgan fingerprint density at radius 3 is 2.67 bits per heavy atom. The van der Waals surface area contributed by atoms with Gasteiger partial charge in [-0.1, -0.05) is 29.8 Å². The van der Waals surface area contributed by atoms with E-state index in [0.29, 0.717) is 34.8 Å². The molecule has 4 rings (SSSR count). The molecule has 0 atom stereocenters. The van der Waals surface area contributed by atoms with Crippen LogP contribution in [0.25, 0.3) is 11.1 Å². The van der Waals surface area contributed by atoms with Crippen molar-refractivity contribution in [1.29, 1.82) is 0 Å². The predicted octanol–water partition coefficient (Wildman–Crippen LogP) is 4.02. The average molecular weight is 366 g/mol. The summed E-state index contributed by atoms with van der Waals surface area (Å²) in [5, 5.41) is 7.11. The molecular formula is C21H26N4O2. The van der Waals surface area contributed by atoms with Crippen LogP contribution in [-0.2, 0) is 6.42 Å². The van der Waals surface area contributed by atoms with Gasteiger partial charge in [0, 0.05) is 13.5 Å². The van der Waals surface area contributed by atoms with E-state index in [1.54, 1.807) is 6.92 Å². The van der Waals surface area contributed by atoms with Gasteiger partial charge in [0.15, 0.2) is 0 Å². The van der Waals surface area contributed by atoms with Gasteiger partial charge in [-0.2, -0.15) is 0 Å². The Hall–Kier alpha value is -2.89. The summed E-state index contributed by atoms with van der Waals surface area (Å²) in [6.45, 7) is 6.56. The van der Waals surface area contributed by atoms with Crippen molar-refractivity contribution in [3.63, 3.8) is 0 Å². The van der Waals surface area contributed by atoms with Crippen LogP contribution in [0.2, 0.25) is 0 Å². The van der Waals surface area contributed by atoms with Crippen molar-refractivity contribution in [2.24, 2.45) is 0 Å². The largest absolute Gasteiger partial charge is 0.442 e. The summed E-state index contributed by atoms with van der Waals surface area (Å²) in [5.41, 5.74) is 3.43. The average Bonchev–Trinajstić information content (AvgIpc) is 3.25. The number of aryl methyl sites for hydroxylation is 2. The van der Waals surface area contributed by atoms with Gasteiger partial charge in [0.25, 0.3) is 5.91 Å². The molecule has 0 bridgehead atoms. The molecule has 2 N–H and O–H groups in total. The lowest BCUT2D eigenvalue weighted by atomic mass is 10.1. The number of carbonyl (C=O) groups excluding carboxylic acids is 1. The van der Waals surface area contributed by atoms with Crippen molar-refractivity contribution in [1.82, 2.24) is 15.3 Å². The maximum absolute atomic E-state index is 12.9. The molecule has 0 radical (unpaired) electrons. The fraction of sp³-hybridized carbons (Fsp3) is 0.381. The maximum atomic E-state index is 12.9. The summed E-state index contributed by atoms with van der Waals surface area (Å²) in [4.78, 5) is 21.4. The molecule has 1 fully saturated rings. The van der Waals surface area contributed by atoms with Crippen LogP contribution >= 0.6 is 0 Å². The first-order valence-electron chi connectivity index (χ1n) is 9.31. The molecule has 6 heteroatoms. The molecule has 1 aliphatic rings. The molecule has 1 saturated carbocycles. The van der Waals surface area contributed by atoms with E-state index in [-0.39, 0.29) is 12.9 Å². The van der Waals surface area contributed by atoms with Crippen molar-refractivity contribution in [2.75, 3.05) is 11.9 Å². The quantitative estimate of drug-likeness (QED) is 0.689. The second kappa shape index (κ2) is 6.68. The maximum Gasteiger partial charge on any atom is 0.255 e. The van der Waals surface area contributed by atoms with Crippen LogP contribution in [-0.4, -0.2) is 28.0 Å². The molecule has 1 amide bonds. The minimum absolute atomic E-state index is 0. The first-order valence-corrected chi connectivity index (χ1v) is 9.31. The van der Waals surface area contributed by atoms with E-state index in [0.717, 1.165) is 19.3 Å². The number of anilines is 1. The minimum Gasteiger partial charge on any atom is -0.442 e. The molecule has 0 spiro atoms. The Labute approximate surface area is 159 Å². The van der Waals surface area contributed by atoms with Crippen molar-refractivity contribution < 1.29 is 10.6 Å². The number of fused-ring (bicyclic) bond motifs is 1. The Bertz CT molecular complexity index is 994. The highest BCUT2D eigenvalue weighted by Gasteiger charge is 2.38. The van der Waals surface area contributed by atoms with E-state index in [1.165, 1.54) is 17.5 Å². The van der Waals surface area contributed by atoms with Crippen LogP contribution in [0.15, 0.2) is 35.0 Å². The summed E-state index contributed by atoms with van der Waals surface area (Å²) in [6, 6.07) is 8.34. The van der Waals surface area contributed by atoms with E-state index >= 15 is 0 Å². The monoisotopic (exact) mass is 366 g/mol. The Kier molecular flexibility index (Phi) is 4.34. The third-order valence-corrected chi connectivity index (χ3v) is 5.13. The molecule has 3 aromatic rings. The van der Waals surface area contributed by atoms with Gasteiger partial charge in [0.2, 0.25) is 5.71 Å². The van der Waals surface area contributed by atoms with Gasteiger partial charge in [0.1, 0.15) is 17.9 Å². The highest BCUT2D eigenvalue weighted by atomic mass is 16.3. The molecular weight excluding hydrogens is 340 g/mol. The molecule has 6 nitrogen and oxygen atoms in total. The van der Waals surface area contributed by atoms with Gasteiger partial charge in [-0.3, -0.25) is 4.79 Å². The van der Waals surface area contributed by atoms with Crippen molar-refractivity contribution in [2.45, 2.75) is 45.6 Å². The number of nitrogens with one attached hydrogen (secondary N) is 2. The lowest BCUT2D eigenvalue weighted by Gasteiger charge is -2.13. The van der Waals surface area contributed by atoms with Crippen molar-refractivity contribution >= 4 is 22.8 Å². The third-order valence-electron chi connectivity index (χ3n) is 5.13. The first kappa shape index (κ1) is 17.5. The molecule has 0 aliphatic heterocycles. The highest BCUT2D eigenvalue weighted by molar-refractivity contribution is 6.10. The molecule has 0 saturated heterocycles. The van der Waals surface area contributed by atoms with Gasteiger partial charge in [-0.15, -0.1) is 0 Å². The number of nitrogens with zero attached hydrogens (tertiary/aromatic N) is 2. The fourth-order valence-corrected chi connectivity index (χ4v) is 3.17. The van der Waals surface area contributed by atoms with Crippen LogP contribution in [0.1, 0.15) is 48.4 Å². The van der Waals surface area contributed by atoms with Crippen molar-refractivity contribution in [3.8, 4) is 0 Å². The van der Waals surface area contributed by atoms with Crippen LogP contribution in [0, 0.1) is 13.8 Å². The Morgan fingerprint density at radius 1 is 1.22 bits per heavy atom. The normalized spacial score (nSPS) is 14.9. The summed E-state index contributed by atoms with van der Waals surface area (Å²) < 4.78 is 5.72. The molecule has 142 valence electrons. The third kappa shape index (κ3) is 3.65. The topological polar surface area (TPSA) is 80.1 Å². The molecule has 2 heterocycles.